The number of halogens is 3. The molecule has 0 saturated heterocycles. The van der Waals surface area contributed by atoms with Crippen LogP contribution in [-0.4, -0.2) is 18.3 Å². The molecule has 0 aliphatic carbocycles. The lowest BCUT2D eigenvalue weighted by Crippen LogP contribution is -2.34. The van der Waals surface area contributed by atoms with Gasteiger partial charge in [0.25, 0.3) is 0 Å². The predicted molar refractivity (Wildman–Crippen MR) is 66.7 cm³/mol. The van der Waals surface area contributed by atoms with Gasteiger partial charge in [-0.1, -0.05) is 32.9 Å². The molecule has 1 aromatic carbocycles. The third-order valence-electron chi connectivity index (χ3n) is 2.95. The number of hydrogen-bond donors (Lipinski definition) is 1. The topological polar surface area (TPSA) is 29.5 Å². The van der Waals surface area contributed by atoms with Crippen molar-refractivity contribution in [1.29, 1.82) is 0 Å². The first-order chi connectivity index (χ1) is 8.57. The fraction of sp³-hybridized carbons (Fsp3) is 0.571. The zero-order valence-electron chi connectivity index (χ0n) is 11.5. The van der Waals surface area contributed by atoms with Crippen LogP contribution in [0.5, 0.6) is 0 Å². The summed E-state index contributed by atoms with van der Waals surface area (Å²) in [7, 11) is 1.44. The van der Waals surface area contributed by atoms with Gasteiger partial charge in [-0.2, -0.15) is 13.2 Å². The van der Waals surface area contributed by atoms with E-state index in [0.29, 0.717) is 0 Å². The van der Waals surface area contributed by atoms with Crippen molar-refractivity contribution in [2.24, 2.45) is 5.41 Å². The van der Waals surface area contributed by atoms with Crippen molar-refractivity contribution in [2.45, 2.75) is 39.2 Å². The second-order valence-electron chi connectivity index (χ2n) is 5.59. The molecule has 1 rings (SSSR count). The van der Waals surface area contributed by atoms with Crippen LogP contribution in [0, 0.1) is 5.41 Å². The van der Waals surface area contributed by atoms with E-state index in [9.17, 15) is 18.3 Å². The van der Waals surface area contributed by atoms with Crippen molar-refractivity contribution < 1.29 is 23.0 Å². The SMILES string of the molecule is COC(C(O)c1cccc(C(F)(F)F)c1)C(C)(C)C. The molecule has 0 amide bonds. The monoisotopic (exact) mass is 276 g/mol. The first kappa shape index (κ1) is 16.0. The molecule has 0 radical (unpaired) electrons. The molecule has 0 aliphatic heterocycles. The van der Waals surface area contributed by atoms with Crippen molar-refractivity contribution >= 4 is 0 Å². The first-order valence-electron chi connectivity index (χ1n) is 5.95. The van der Waals surface area contributed by atoms with Gasteiger partial charge in [0.05, 0.1) is 11.7 Å². The quantitative estimate of drug-likeness (QED) is 0.910. The zero-order valence-corrected chi connectivity index (χ0v) is 11.5. The standard InChI is InChI=1S/C14H19F3O2/c1-13(2,3)12(19-4)11(18)9-6-5-7-10(8-9)14(15,16)17/h5-8,11-12,18H,1-4H3. The third kappa shape index (κ3) is 3.94. The van der Waals surface area contributed by atoms with Crippen LogP contribution in [0.1, 0.15) is 38.0 Å². The number of benzene rings is 1. The minimum absolute atomic E-state index is 0.205. The average Bonchev–Trinajstić information content (AvgIpc) is 2.27. The summed E-state index contributed by atoms with van der Waals surface area (Å²) >= 11 is 0. The van der Waals surface area contributed by atoms with Crippen LogP contribution in [0.4, 0.5) is 13.2 Å². The van der Waals surface area contributed by atoms with Crippen LogP contribution >= 0.6 is 0 Å². The Kier molecular flexibility index (Phi) is 4.63. The summed E-state index contributed by atoms with van der Waals surface area (Å²) in [6, 6.07) is 4.70. The molecule has 1 N–H and O–H groups in total. The number of methoxy groups -OCH3 is 1. The summed E-state index contributed by atoms with van der Waals surface area (Å²) in [5.74, 6) is 0. The molecular weight excluding hydrogens is 257 g/mol. The fourth-order valence-electron chi connectivity index (χ4n) is 2.03. The maximum atomic E-state index is 12.6. The average molecular weight is 276 g/mol. The van der Waals surface area contributed by atoms with E-state index in [1.54, 1.807) is 0 Å². The van der Waals surface area contributed by atoms with E-state index in [1.165, 1.54) is 19.2 Å². The van der Waals surface area contributed by atoms with E-state index >= 15 is 0 Å². The molecule has 0 spiro atoms. The summed E-state index contributed by atoms with van der Waals surface area (Å²) in [4.78, 5) is 0. The number of ether oxygens (including phenoxy) is 1. The largest absolute Gasteiger partial charge is 0.416 e. The minimum Gasteiger partial charge on any atom is -0.386 e. The van der Waals surface area contributed by atoms with E-state index in [1.807, 2.05) is 20.8 Å². The Morgan fingerprint density at radius 3 is 2.16 bits per heavy atom. The summed E-state index contributed by atoms with van der Waals surface area (Å²) < 4.78 is 43.1. The number of hydrogen-bond acceptors (Lipinski definition) is 2. The van der Waals surface area contributed by atoms with Gasteiger partial charge in [-0.05, 0) is 23.1 Å². The van der Waals surface area contributed by atoms with Crippen LogP contribution in [0.25, 0.3) is 0 Å². The van der Waals surface area contributed by atoms with Gasteiger partial charge >= 0.3 is 6.18 Å². The maximum absolute atomic E-state index is 12.6. The molecule has 19 heavy (non-hydrogen) atoms. The summed E-state index contributed by atoms with van der Waals surface area (Å²) in [5.41, 5.74) is -0.952. The summed E-state index contributed by atoms with van der Waals surface area (Å²) in [5, 5.41) is 10.2. The Labute approximate surface area is 111 Å². The van der Waals surface area contributed by atoms with Gasteiger partial charge in [-0.3, -0.25) is 0 Å². The summed E-state index contributed by atoms with van der Waals surface area (Å²) in [6.07, 6.45) is -6.11. The van der Waals surface area contributed by atoms with Gasteiger partial charge in [0.2, 0.25) is 0 Å². The highest BCUT2D eigenvalue weighted by molar-refractivity contribution is 5.28. The van der Waals surface area contributed by atoms with Gasteiger partial charge < -0.3 is 9.84 Å². The lowest BCUT2D eigenvalue weighted by atomic mass is 9.83. The lowest BCUT2D eigenvalue weighted by molar-refractivity contribution is -0.137. The molecule has 108 valence electrons. The van der Waals surface area contributed by atoms with Crippen LogP contribution in [0.15, 0.2) is 24.3 Å². The molecule has 2 unspecified atom stereocenters. The van der Waals surface area contributed by atoms with E-state index in [-0.39, 0.29) is 11.0 Å². The van der Waals surface area contributed by atoms with E-state index in [4.69, 9.17) is 4.74 Å². The van der Waals surface area contributed by atoms with E-state index in [0.717, 1.165) is 12.1 Å². The van der Waals surface area contributed by atoms with Crippen molar-refractivity contribution in [1.82, 2.24) is 0 Å². The maximum Gasteiger partial charge on any atom is 0.416 e. The van der Waals surface area contributed by atoms with Gasteiger partial charge in [-0.15, -0.1) is 0 Å². The van der Waals surface area contributed by atoms with Crippen LogP contribution in [0.2, 0.25) is 0 Å². The number of alkyl halides is 3. The number of rotatable bonds is 3. The molecular formula is C14H19F3O2. The molecule has 1 aromatic rings. The molecule has 0 bridgehead atoms. The molecule has 2 nitrogen and oxygen atoms in total. The van der Waals surface area contributed by atoms with Gasteiger partial charge in [0.15, 0.2) is 0 Å². The molecule has 2 atom stereocenters. The van der Waals surface area contributed by atoms with Crippen LogP contribution in [-0.2, 0) is 10.9 Å². The second-order valence-corrected chi connectivity index (χ2v) is 5.59. The van der Waals surface area contributed by atoms with Crippen molar-refractivity contribution in [3.63, 3.8) is 0 Å². The smallest absolute Gasteiger partial charge is 0.386 e. The highest BCUT2D eigenvalue weighted by atomic mass is 19.4. The Hall–Kier alpha value is -1.07. The van der Waals surface area contributed by atoms with Crippen LogP contribution < -0.4 is 0 Å². The minimum atomic E-state index is -4.42. The normalized spacial score (nSPS) is 16.2. The summed E-state index contributed by atoms with van der Waals surface area (Å²) in [6.45, 7) is 5.58. The Bertz CT molecular complexity index is 421. The molecule has 5 heteroatoms. The molecule has 0 aromatic heterocycles. The zero-order chi connectivity index (χ0) is 14.8. The molecule has 0 saturated carbocycles. The highest BCUT2D eigenvalue weighted by Crippen LogP contribution is 2.35. The van der Waals surface area contributed by atoms with Gasteiger partial charge in [-0.25, -0.2) is 0 Å². The van der Waals surface area contributed by atoms with Crippen molar-refractivity contribution in [3.8, 4) is 0 Å². The molecule has 0 fully saturated rings. The first-order valence-corrected chi connectivity index (χ1v) is 5.95. The van der Waals surface area contributed by atoms with Gasteiger partial charge in [0, 0.05) is 7.11 Å². The second kappa shape index (κ2) is 5.51. The number of aliphatic hydroxyl groups is 1. The van der Waals surface area contributed by atoms with Crippen molar-refractivity contribution in [3.05, 3.63) is 35.4 Å². The van der Waals surface area contributed by atoms with E-state index < -0.39 is 23.9 Å². The van der Waals surface area contributed by atoms with Gasteiger partial charge in [0.1, 0.15) is 6.10 Å². The number of aliphatic hydroxyl groups excluding tert-OH is 1. The fourth-order valence-corrected chi connectivity index (χ4v) is 2.03. The van der Waals surface area contributed by atoms with E-state index in [2.05, 4.69) is 0 Å². The highest BCUT2D eigenvalue weighted by Gasteiger charge is 2.35. The molecule has 0 heterocycles. The lowest BCUT2D eigenvalue weighted by Gasteiger charge is -2.33. The Balaban J connectivity index is 3.09. The van der Waals surface area contributed by atoms with Crippen LogP contribution in [0.3, 0.4) is 0 Å². The Morgan fingerprint density at radius 2 is 1.74 bits per heavy atom. The third-order valence-corrected chi connectivity index (χ3v) is 2.95. The predicted octanol–water partition coefficient (Wildman–Crippen LogP) is 3.80. The molecule has 0 aliphatic rings. The Morgan fingerprint density at radius 1 is 1.16 bits per heavy atom. The van der Waals surface area contributed by atoms with Crippen molar-refractivity contribution in [2.75, 3.05) is 7.11 Å².